The molecule has 0 bridgehead atoms. The molecular weight excluding hydrogens is 346 g/mol. The van der Waals surface area contributed by atoms with E-state index in [4.69, 9.17) is 22.4 Å². The van der Waals surface area contributed by atoms with Crippen LogP contribution in [-0.2, 0) is 17.1 Å². The standard InChI is InChI=1S/C13H12ClN3O5S/c1-17-6-8(5-11(17)12(15)18)23(21,22)16-7-2-3-10(14)9(4-7)13(19)20/h2-6,16H,1H3,(H2,15,18)(H,19,20). The van der Waals surface area contributed by atoms with Crippen LogP contribution in [0.5, 0.6) is 0 Å². The number of halogens is 1. The molecule has 2 aromatic rings. The van der Waals surface area contributed by atoms with E-state index < -0.39 is 21.9 Å². The van der Waals surface area contributed by atoms with Crippen LogP contribution < -0.4 is 10.5 Å². The number of benzene rings is 1. The Morgan fingerprint density at radius 3 is 2.48 bits per heavy atom. The normalized spacial score (nSPS) is 11.2. The molecule has 0 saturated heterocycles. The van der Waals surface area contributed by atoms with Crippen molar-refractivity contribution >= 4 is 39.2 Å². The number of anilines is 1. The summed E-state index contributed by atoms with van der Waals surface area (Å²) < 4.78 is 28.1. The number of hydrogen-bond donors (Lipinski definition) is 3. The van der Waals surface area contributed by atoms with Gasteiger partial charge in [0, 0.05) is 18.9 Å². The van der Waals surface area contributed by atoms with Gasteiger partial charge in [0.1, 0.15) is 10.6 Å². The number of hydrogen-bond acceptors (Lipinski definition) is 4. The summed E-state index contributed by atoms with van der Waals surface area (Å²) in [6.07, 6.45) is 1.22. The molecule has 4 N–H and O–H groups in total. The predicted octanol–water partition coefficient (Wildman–Crippen LogP) is 1.28. The summed E-state index contributed by atoms with van der Waals surface area (Å²) in [6, 6.07) is 4.81. The average molecular weight is 358 g/mol. The Balaban J connectivity index is 2.39. The molecule has 23 heavy (non-hydrogen) atoms. The van der Waals surface area contributed by atoms with E-state index in [0.717, 1.165) is 12.1 Å². The summed E-state index contributed by atoms with van der Waals surface area (Å²) in [5.41, 5.74) is 4.95. The first-order valence-corrected chi connectivity index (χ1v) is 8.00. The van der Waals surface area contributed by atoms with Gasteiger partial charge in [0.2, 0.25) is 0 Å². The monoisotopic (exact) mass is 357 g/mol. The summed E-state index contributed by atoms with van der Waals surface area (Å²) in [5.74, 6) is -2.06. The molecule has 122 valence electrons. The highest BCUT2D eigenvalue weighted by atomic mass is 35.5. The number of nitrogens with two attached hydrogens (primary N) is 1. The van der Waals surface area contributed by atoms with E-state index in [2.05, 4.69) is 4.72 Å². The van der Waals surface area contributed by atoms with Gasteiger partial charge in [0.25, 0.3) is 15.9 Å². The smallest absolute Gasteiger partial charge is 0.337 e. The number of carboxylic acid groups (broad SMARTS) is 1. The molecule has 1 amide bonds. The lowest BCUT2D eigenvalue weighted by Crippen LogP contribution is -2.14. The van der Waals surface area contributed by atoms with Crippen molar-refractivity contribution in [2.75, 3.05) is 4.72 Å². The highest BCUT2D eigenvalue weighted by Gasteiger charge is 2.20. The maximum atomic E-state index is 12.3. The molecule has 1 aromatic carbocycles. The van der Waals surface area contributed by atoms with Gasteiger partial charge in [-0.05, 0) is 24.3 Å². The van der Waals surface area contributed by atoms with Crippen LogP contribution in [0.2, 0.25) is 5.02 Å². The second kappa shape index (κ2) is 5.94. The van der Waals surface area contributed by atoms with Crippen LogP contribution in [0.15, 0.2) is 35.4 Å². The molecule has 1 aromatic heterocycles. The maximum absolute atomic E-state index is 12.3. The fourth-order valence-corrected chi connectivity index (χ4v) is 3.21. The molecule has 0 spiro atoms. The van der Waals surface area contributed by atoms with Crippen molar-refractivity contribution in [1.29, 1.82) is 0 Å². The quantitative estimate of drug-likeness (QED) is 0.741. The number of carboxylic acids is 1. The minimum Gasteiger partial charge on any atom is -0.478 e. The van der Waals surface area contributed by atoms with Crippen molar-refractivity contribution < 1.29 is 23.1 Å². The van der Waals surface area contributed by atoms with Gasteiger partial charge in [0.05, 0.1) is 10.6 Å². The Bertz CT molecular complexity index is 904. The number of nitrogens with one attached hydrogen (secondary N) is 1. The molecule has 0 fully saturated rings. The molecule has 0 atom stereocenters. The molecule has 0 unspecified atom stereocenters. The summed E-state index contributed by atoms with van der Waals surface area (Å²) >= 11 is 5.73. The Kier molecular flexibility index (Phi) is 4.35. The van der Waals surface area contributed by atoms with Gasteiger partial charge in [-0.2, -0.15) is 0 Å². The van der Waals surface area contributed by atoms with Crippen LogP contribution in [-0.4, -0.2) is 30.0 Å². The van der Waals surface area contributed by atoms with E-state index in [0.29, 0.717) is 0 Å². The Labute approximate surface area is 136 Å². The summed E-state index contributed by atoms with van der Waals surface area (Å²) in [7, 11) is -2.54. The molecule has 0 saturated carbocycles. The van der Waals surface area contributed by atoms with Crippen molar-refractivity contribution in [2.24, 2.45) is 12.8 Å². The van der Waals surface area contributed by atoms with E-state index in [-0.39, 0.29) is 26.9 Å². The SMILES string of the molecule is Cn1cc(S(=O)(=O)Nc2ccc(Cl)c(C(=O)O)c2)cc1C(N)=O. The van der Waals surface area contributed by atoms with Gasteiger partial charge >= 0.3 is 5.97 Å². The van der Waals surface area contributed by atoms with Crippen molar-refractivity contribution in [2.45, 2.75) is 4.90 Å². The van der Waals surface area contributed by atoms with E-state index in [1.54, 1.807) is 0 Å². The van der Waals surface area contributed by atoms with Crippen LogP contribution >= 0.6 is 11.6 Å². The largest absolute Gasteiger partial charge is 0.478 e. The van der Waals surface area contributed by atoms with Crippen LogP contribution in [0.4, 0.5) is 5.69 Å². The van der Waals surface area contributed by atoms with Gasteiger partial charge in [0.15, 0.2) is 0 Å². The number of nitrogens with zero attached hydrogens (tertiary/aromatic N) is 1. The molecular formula is C13H12ClN3O5S. The molecule has 2 rings (SSSR count). The second-order valence-corrected chi connectivity index (χ2v) is 6.73. The fourth-order valence-electron chi connectivity index (χ4n) is 1.89. The van der Waals surface area contributed by atoms with Crippen molar-refractivity contribution in [3.8, 4) is 0 Å². The molecule has 10 heteroatoms. The zero-order valence-corrected chi connectivity index (χ0v) is 13.4. The number of amides is 1. The number of aromatic nitrogens is 1. The number of sulfonamides is 1. The van der Waals surface area contributed by atoms with Crippen molar-refractivity contribution in [3.05, 3.63) is 46.7 Å². The first kappa shape index (κ1) is 16.8. The number of carbonyl (C=O) groups is 2. The van der Waals surface area contributed by atoms with Crippen LogP contribution in [0, 0.1) is 0 Å². The molecule has 0 aliphatic carbocycles. The number of aryl methyl sites for hydroxylation is 1. The van der Waals surface area contributed by atoms with Gasteiger partial charge in [-0.1, -0.05) is 11.6 Å². The third-order valence-corrected chi connectivity index (χ3v) is 4.67. The lowest BCUT2D eigenvalue weighted by Gasteiger charge is -2.08. The maximum Gasteiger partial charge on any atom is 0.337 e. The zero-order valence-electron chi connectivity index (χ0n) is 11.8. The van der Waals surface area contributed by atoms with Crippen molar-refractivity contribution in [1.82, 2.24) is 4.57 Å². The van der Waals surface area contributed by atoms with Gasteiger partial charge < -0.3 is 15.4 Å². The van der Waals surface area contributed by atoms with E-state index in [1.165, 1.54) is 29.9 Å². The van der Waals surface area contributed by atoms with E-state index in [9.17, 15) is 18.0 Å². The lowest BCUT2D eigenvalue weighted by atomic mass is 10.2. The third-order valence-electron chi connectivity index (χ3n) is 2.99. The molecule has 0 radical (unpaired) electrons. The Morgan fingerprint density at radius 1 is 1.30 bits per heavy atom. The summed E-state index contributed by atoms with van der Waals surface area (Å²) in [4.78, 5) is 22.0. The first-order valence-electron chi connectivity index (χ1n) is 6.13. The van der Waals surface area contributed by atoms with E-state index in [1.807, 2.05) is 0 Å². The number of rotatable bonds is 5. The summed E-state index contributed by atoms with van der Waals surface area (Å²) in [6.45, 7) is 0. The Morgan fingerprint density at radius 2 is 1.96 bits per heavy atom. The topological polar surface area (TPSA) is 131 Å². The van der Waals surface area contributed by atoms with Crippen LogP contribution in [0.3, 0.4) is 0 Å². The molecule has 1 heterocycles. The number of carbonyl (C=O) groups excluding carboxylic acids is 1. The van der Waals surface area contributed by atoms with Gasteiger partial charge in [-0.3, -0.25) is 9.52 Å². The second-order valence-electron chi connectivity index (χ2n) is 4.64. The predicted molar refractivity (Wildman–Crippen MR) is 83.2 cm³/mol. The highest BCUT2D eigenvalue weighted by Crippen LogP contribution is 2.23. The number of primary amides is 1. The average Bonchev–Trinajstić information content (AvgIpc) is 2.83. The van der Waals surface area contributed by atoms with Crippen molar-refractivity contribution in [3.63, 3.8) is 0 Å². The van der Waals surface area contributed by atoms with Crippen LogP contribution in [0.1, 0.15) is 20.8 Å². The minimum atomic E-state index is -4.02. The number of aromatic carboxylic acids is 1. The lowest BCUT2D eigenvalue weighted by molar-refractivity contribution is 0.0697. The van der Waals surface area contributed by atoms with E-state index >= 15 is 0 Å². The highest BCUT2D eigenvalue weighted by molar-refractivity contribution is 7.92. The summed E-state index contributed by atoms with van der Waals surface area (Å²) in [5, 5.41) is 8.97. The third kappa shape index (κ3) is 3.46. The molecule has 8 nitrogen and oxygen atoms in total. The van der Waals surface area contributed by atoms with Crippen LogP contribution in [0.25, 0.3) is 0 Å². The minimum absolute atomic E-state index is 0.0174. The molecule has 0 aliphatic rings. The zero-order chi connectivity index (χ0) is 17.4. The first-order chi connectivity index (χ1) is 10.6. The van der Waals surface area contributed by atoms with Gasteiger partial charge in [-0.25, -0.2) is 13.2 Å². The Hall–Kier alpha value is -2.52. The fraction of sp³-hybridized carbons (Fsp3) is 0.0769. The van der Waals surface area contributed by atoms with Gasteiger partial charge in [-0.15, -0.1) is 0 Å². The molecule has 0 aliphatic heterocycles.